The molecule has 0 spiro atoms. The number of nitrogens with zero attached hydrogens (tertiary/aromatic N) is 3. The van der Waals surface area contributed by atoms with E-state index in [2.05, 4.69) is 28.8 Å². The van der Waals surface area contributed by atoms with Crippen LogP contribution in [0.5, 0.6) is 0 Å². The van der Waals surface area contributed by atoms with E-state index in [9.17, 15) is 0 Å². The third-order valence-electron chi connectivity index (χ3n) is 3.83. The van der Waals surface area contributed by atoms with E-state index in [1.807, 2.05) is 6.20 Å². The highest BCUT2D eigenvalue weighted by Crippen LogP contribution is 2.29. The van der Waals surface area contributed by atoms with Crippen LogP contribution in [0.2, 0.25) is 0 Å². The van der Waals surface area contributed by atoms with Gasteiger partial charge in [0.25, 0.3) is 0 Å². The Balaban J connectivity index is 2.09. The standard InChI is InChI=1S/C13H22N4/c1-10-5-3-4-6-12(10)17(2)13-9-15-11(7-14)8-16-13/h8-10,12H,3-7,14H2,1-2H3. The van der Waals surface area contributed by atoms with Crippen LogP contribution in [0.1, 0.15) is 38.3 Å². The summed E-state index contributed by atoms with van der Waals surface area (Å²) in [7, 11) is 2.12. The van der Waals surface area contributed by atoms with Crippen molar-refractivity contribution >= 4 is 5.82 Å². The molecular formula is C13H22N4. The van der Waals surface area contributed by atoms with Crippen LogP contribution >= 0.6 is 0 Å². The molecule has 1 aliphatic rings. The molecule has 0 bridgehead atoms. The van der Waals surface area contributed by atoms with Crippen molar-refractivity contribution in [2.45, 2.75) is 45.2 Å². The molecule has 4 heteroatoms. The van der Waals surface area contributed by atoms with E-state index in [1.54, 1.807) is 6.20 Å². The molecule has 0 amide bonds. The van der Waals surface area contributed by atoms with Crippen LogP contribution in [0.3, 0.4) is 0 Å². The Kier molecular flexibility index (Phi) is 3.94. The summed E-state index contributed by atoms with van der Waals surface area (Å²) >= 11 is 0. The molecule has 0 aromatic carbocycles. The fourth-order valence-corrected chi connectivity index (χ4v) is 2.68. The molecule has 0 radical (unpaired) electrons. The molecule has 1 heterocycles. The lowest BCUT2D eigenvalue weighted by Gasteiger charge is -2.36. The monoisotopic (exact) mass is 234 g/mol. The highest BCUT2D eigenvalue weighted by atomic mass is 15.2. The summed E-state index contributed by atoms with van der Waals surface area (Å²) in [5, 5.41) is 0. The minimum absolute atomic E-state index is 0.455. The van der Waals surface area contributed by atoms with Crippen molar-refractivity contribution in [3.8, 4) is 0 Å². The summed E-state index contributed by atoms with van der Waals surface area (Å²) in [4.78, 5) is 11.0. The number of rotatable bonds is 3. The minimum Gasteiger partial charge on any atom is -0.355 e. The van der Waals surface area contributed by atoms with Crippen molar-refractivity contribution in [2.75, 3.05) is 11.9 Å². The largest absolute Gasteiger partial charge is 0.355 e. The van der Waals surface area contributed by atoms with Crippen molar-refractivity contribution in [1.29, 1.82) is 0 Å². The first-order valence-corrected chi connectivity index (χ1v) is 6.46. The van der Waals surface area contributed by atoms with Crippen molar-refractivity contribution in [3.05, 3.63) is 18.1 Å². The van der Waals surface area contributed by atoms with Crippen LogP contribution in [0.4, 0.5) is 5.82 Å². The summed E-state index contributed by atoms with van der Waals surface area (Å²) in [6, 6.07) is 0.599. The van der Waals surface area contributed by atoms with Crippen LogP contribution in [0, 0.1) is 5.92 Å². The second-order valence-electron chi connectivity index (χ2n) is 5.01. The Bertz CT molecular complexity index is 349. The van der Waals surface area contributed by atoms with Crippen molar-refractivity contribution in [1.82, 2.24) is 9.97 Å². The average molecular weight is 234 g/mol. The number of nitrogens with two attached hydrogens (primary N) is 1. The summed E-state index contributed by atoms with van der Waals surface area (Å²) < 4.78 is 0. The maximum Gasteiger partial charge on any atom is 0.147 e. The lowest BCUT2D eigenvalue weighted by molar-refractivity contribution is 0.320. The van der Waals surface area contributed by atoms with Crippen molar-refractivity contribution in [2.24, 2.45) is 11.7 Å². The Morgan fingerprint density at radius 3 is 2.65 bits per heavy atom. The van der Waals surface area contributed by atoms with Crippen LogP contribution in [0.25, 0.3) is 0 Å². The van der Waals surface area contributed by atoms with Gasteiger partial charge in [-0.2, -0.15) is 0 Å². The van der Waals surface area contributed by atoms with Gasteiger partial charge in [-0.15, -0.1) is 0 Å². The van der Waals surface area contributed by atoms with Crippen molar-refractivity contribution < 1.29 is 0 Å². The lowest BCUT2D eigenvalue weighted by atomic mass is 9.85. The Morgan fingerprint density at radius 1 is 1.29 bits per heavy atom. The zero-order valence-corrected chi connectivity index (χ0v) is 10.8. The van der Waals surface area contributed by atoms with Crippen LogP contribution in [0.15, 0.2) is 12.4 Å². The van der Waals surface area contributed by atoms with Crippen LogP contribution in [-0.2, 0) is 6.54 Å². The van der Waals surface area contributed by atoms with Gasteiger partial charge < -0.3 is 10.6 Å². The van der Waals surface area contributed by atoms with E-state index < -0.39 is 0 Å². The highest BCUT2D eigenvalue weighted by molar-refractivity contribution is 5.36. The van der Waals surface area contributed by atoms with E-state index in [0.29, 0.717) is 12.6 Å². The molecule has 1 fully saturated rings. The molecule has 2 rings (SSSR count). The van der Waals surface area contributed by atoms with Gasteiger partial charge in [-0.3, -0.25) is 4.98 Å². The SMILES string of the molecule is CC1CCCCC1N(C)c1cnc(CN)cn1. The van der Waals surface area contributed by atoms with Gasteiger partial charge >= 0.3 is 0 Å². The second kappa shape index (κ2) is 5.45. The molecule has 1 aliphatic carbocycles. The van der Waals surface area contributed by atoms with Gasteiger partial charge in [-0.25, -0.2) is 4.98 Å². The molecule has 2 atom stereocenters. The van der Waals surface area contributed by atoms with E-state index in [0.717, 1.165) is 17.4 Å². The first-order chi connectivity index (χ1) is 8.22. The Labute approximate surface area is 103 Å². The zero-order valence-electron chi connectivity index (χ0n) is 10.8. The quantitative estimate of drug-likeness (QED) is 0.868. The molecule has 0 saturated heterocycles. The predicted octanol–water partition coefficient (Wildman–Crippen LogP) is 1.95. The van der Waals surface area contributed by atoms with Crippen LogP contribution in [-0.4, -0.2) is 23.1 Å². The molecular weight excluding hydrogens is 212 g/mol. The topological polar surface area (TPSA) is 55.0 Å². The fraction of sp³-hybridized carbons (Fsp3) is 0.692. The summed E-state index contributed by atoms with van der Waals surface area (Å²) in [6.45, 7) is 2.79. The molecule has 1 saturated carbocycles. The second-order valence-corrected chi connectivity index (χ2v) is 5.01. The maximum absolute atomic E-state index is 5.52. The Hall–Kier alpha value is -1.16. The normalized spacial score (nSPS) is 24.6. The first kappa shape index (κ1) is 12.3. The van der Waals surface area contributed by atoms with Gasteiger partial charge in [-0.1, -0.05) is 19.8 Å². The molecule has 2 unspecified atom stereocenters. The molecule has 0 aliphatic heterocycles. The number of anilines is 1. The van der Waals surface area contributed by atoms with E-state index in [-0.39, 0.29) is 0 Å². The maximum atomic E-state index is 5.52. The van der Waals surface area contributed by atoms with Gasteiger partial charge in [-0.05, 0) is 18.8 Å². The highest BCUT2D eigenvalue weighted by Gasteiger charge is 2.25. The third-order valence-corrected chi connectivity index (χ3v) is 3.83. The summed E-state index contributed by atoms with van der Waals surface area (Å²) in [6.07, 6.45) is 8.89. The number of hydrogen-bond donors (Lipinski definition) is 1. The third kappa shape index (κ3) is 2.75. The number of aromatic nitrogens is 2. The summed E-state index contributed by atoms with van der Waals surface area (Å²) in [5.74, 6) is 1.70. The van der Waals surface area contributed by atoms with E-state index in [1.165, 1.54) is 25.7 Å². The molecule has 94 valence electrons. The molecule has 1 aromatic heterocycles. The first-order valence-electron chi connectivity index (χ1n) is 6.46. The average Bonchev–Trinajstić information content (AvgIpc) is 2.39. The number of hydrogen-bond acceptors (Lipinski definition) is 4. The smallest absolute Gasteiger partial charge is 0.147 e. The van der Waals surface area contributed by atoms with Gasteiger partial charge in [0.15, 0.2) is 0 Å². The predicted molar refractivity (Wildman–Crippen MR) is 69.7 cm³/mol. The van der Waals surface area contributed by atoms with Gasteiger partial charge in [0, 0.05) is 19.6 Å². The fourth-order valence-electron chi connectivity index (χ4n) is 2.68. The minimum atomic E-state index is 0.455. The Morgan fingerprint density at radius 2 is 2.06 bits per heavy atom. The molecule has 4 nitrogen and oxygen atoms in total. The molecule has 17 heavy (non-hydrogen) atoms. The zero-order chi connectivity index (χ0) is 12.3. The van der Waals surface area contributed by atoms with E-state index >= 15 is 0 Å². The van der Waals surface area contributed by atoms with Gasteiger partial charge in [0.05, 0.1) is 18.1 Å². The van der Waals surface area contributed by atoms with Crippen molar-refractivity contribution in [3.63, 3.8) is 0 Å². The van der Waals surface area contributed by atoms with Gasteiger partial charge in [0.2, 0.25) is 0 Å². The summed E-state index contributed by atoms with van der Waals surface area (Å²) in [5.41, 5.74) is 6.37. The van der Waals surface area contributed by atoms with Gasteiger partial charge in [0.1, 0.15) is 5.82 Å². The molecule has 2 N–H and O–H groups in total. The van der Waals surface area contributed by atoms with E-state index in [4.69, 9.17) is 5.73 Å². The lowest BCUT2D eigenvalue weighted by Crippen LogP contribution is -2.39. The molecule has 1 aromatic rings. The van der Waals surface area contributed by atoms with Crippen LogP contribution < -0.4 is 10.6 Å².